The number of alkyl halides is 3. The molecule has 0 radical (unpaired) electrons. The number of benzene rings is 1. The molecule has 4 nitrogen and oxygen atoms in total. The molecule has 0 aromatic heterocycles. The number of aliphatic hydroxyl groups excluding tert-OH is 1. The molecular weight excluding hydrogens is 593 g/mol. The van der Waals surface area contributed by atoms with Gasteiger partial charge < -0.3 is 5.11 Å². The standard InChI is InChI=1S/C37H51F3N2O2S/c1-21(2)31-41-28-13-14-35-19-36(35)27(12-11-26(35)32(28,4)20-45-31)33(5)16-25(43)30(34(33,6)17-29(36)44)22(3)42(7)18-23-9-8-10-24(15-23)37(38,39)40/h8-10,15,21-22,25-28,30,43H,11-14,16-20H2,1-7H3/t22-,25+,26-,27-,28-,30-,32-,33-,34+,35+,36-/m0/s1. The number of nitrogens with zero attached hydrogens (tertiary/aromatic N) is 2. The van der Waals surface area contributed by atoms with Gasteiger partial charge in [-0.05, 0) is 92.2 Å². The number of hydrogen-bond acceptors (Lipinski definition) is 5. The first-order chi connectivity index (χ1) is 20.9. The van der Waals surface area contributed by atoms with Gasteiger partial charge in [-0.25, -0.2) is 0 Å². The summed E-state index contributed by atoms with van der Waals surface area (Å²) in [6, 6.07) is 5.80. The van der Waals surface area contributed by atoms with Crippen molar-refractivity contribution < 1.29 is 23.1 Å². The normalized spacial score (nSPS) is 46.1. The lowest BCUT2D eigenvalue weighted by atomic mass is 9.41. The highest BCUT2D eigenvalue weighted by Crippen LogP contribution is 2.88. The van der Waals surface area contributed by atoms with E-state index >= 15 is 0 Å². The van der Waals surface area contributed by atoms with E-state index in [-0.39, 0.29) is 45.0 Å². The minimum atomic E-state index is -4.38. The molecule has 45 heavy (non-hydrogen) atoms. The van der Waals surface area contributed by atoms with Crippen LogP contribution in [0.25, 0.3) is 0 Å². The number of aliphatic imine (C=N–C) groups is 1. The monoisotopic (exact) mass is 644 g/mol. The molecule has 5 fully saturated rings. The van der Waals surface area contributed by atoms with E-state index in [0.717, 1.165) is 43.9 Å². The van der Waals surface area contributed by atoms with Crippen LogP contribution in [0.2, 0.25) is 0 Å². The van der Waals surface area contributed by atoms with Crippen molar-refractivity contribution in [1.82, 2.24) is 4.90 Å². The Bertz CT molecular complexity index is 1430. The van der Waals surface area contributed by atoms with Crippen LogP contribution in [0.15, 0.2) is 29.3 Å². The highest BCUT2D eigenvalue weighted by Gasteiger charge is 2.86. The molecule has 5 aliphatic carbocycles. The summed E-state index contributed by atoms with van der Waals surface area (Å²) in [6.07, 6.45) is 1.59. The second kappa shape index (κ2) is 10.1. The predicted molar refractivity (Wildman–Crippen MR) is 174 cm³/mol. The van der Waals surface area contributed by atoms with Crippen LogP contribution in [0.1, 0.15) is 97.6 Å². The number of ketones is 1. The van der Waals surface area contributed by atoms with Crippen molar-refractivity contribution >= 4 is 22.6 Å². The summed E-state index contributed by atoms with van der Waals surface area (Å²) in [5.41, 5.74) is -0.666. The van der Waals surface area contributed by atoms with Gasteiger partial charge in [-0.3, -0.25) is 14.7 Å². The van der Waals surface area contributed by atoms with E-state index in [1.807, 2.05) is 18.8 Å². The lowest BCUT2D eigenvalue weighted by molar-refractivity contribution is -0.169. The molecule has 0 amide bonds. The van der Waals surface area contributed by atoms with Gasteiger partial charge in [0.05, 0.1) is 22.8 Å². The summed E-state index contributed by atoms with van der Waals surface area (Å²) >= 11 is 1.95. The summed E-state index contributed by atoms with van der Waals surface area (Å²) in [4.78, 5) is 22.2. The number of hydrogen-bond donors (Lipinski definition) is 1. The number of halogens is 3. The minimum absolute atomic E-state index is 0.0724. The maximum absolute atomic E-state index is 14.8. The summed E-state index contributed by atoms with van der Waals surface area (Å²) in [5.74, 6) is 2.63. The number of Topliss-reactive ketones (excluding diaryl/α,β-unsaturated/α-hetero) is 1. The first kappa shape index (κ1) is 32.2. The van der Waals surface area contributed by atoms with Gasteiger partial charge in [0.1, 0.15) is 5.78 Å². The number of thioether (sulfide) groups is 1. The number of fused-ring (bicyclic) bond motifs is 4. The van der Waals surface area contributed by atoms with E-state index in [0.29, 0.717) is 48.6 Å². The summed E-state index contributed by atoms with van der Waals surface area (Å²) in [5, 5.41) is 13.1. The quantitative estimate of drug-likeness (QED) is 0.351. The van der Waals surface area contributed by atoms with Crippen LogP contribution in [0, 0.1) is 50.7 Å². The molecule has 6 aliphatic rings. The first-order valence-corrected chi connectivity index (χ1v) is 18.2. The van der Waals surface area contributed by atoms with Crippen molar-refractivity contribution in [3.05, 3.63) is 35.4 Å². The third kappa shape index (κ3) is 4.19. The molecule has 1 aromatic carbocycles. The fourth-order valence-corrected chi connectivity index (χ4v) is 13.9. The molecule has 1 aromatic rings. The summed E-state index contributed by atoms with van der Waals surface area (Å²) in [7, 11) is 1.94. The second-order valence-electron chi connectivity index (χ2n) is 17.0. The minimum Gasteiger partial charge on any atom is -0.393 e. The highest BCUT2D eigenvalue weighted by atomic mass is 32.2. The predicted octanol–water partition coefficient (Wildman–Crippen LogP) is 8.26. The van der Waals surface area contributed by atoms with Gasteiger partial charge in [0, 0.05) is 47.4 Å². The first-order valence-electron chi connectivity index (χ1n) is 17.2. The van der Waals surface area contributed by atoms with Crippen LogP contribution in [0.5, 0.6) is 0 Å². The second-order valence-corrected chi connectivity index (χ2v) is 18.0. The average molecular weight is 645 g/mol. The van der Waals surface area contributed by atoms with Crippen LogP contribution in [-0.4, -0.2) is 51.8 Å². The Labute approximate surface area is 271 Å². The van der Waals surface area contributed by atoms with Crippen molar-refractivity contribution in [2.75, 3.05) is 12.8 Å². The van der Waals surface area contributed by atoms with E-state index in [1.54, 1.807) is 6.07 Å². The Balaban J connectivity index is 1.16. The molecule has 1 aliphatic heterocycles. The Morgan fingerprint density at radius 2 is 1.80 bits per heavy atom. The zero-order chi connectivity index (χ0) is 32.5. The van der Waals surface area contributed by atoms with Crippen LogP contribution in [0.3, 0.4) is 0 Å². The number of rotatable bonds is 5. The molecule has 248 valence electrons. The van der Waals surface area contributed by atoms with Crippen molar-refractivity contribution in [2.45, 2.75) is 117 Å². The van der Waals surface area contributed by atoms with Crippen LogP contribution < -0.4 is 0 Å². The molecule has 0 bridgehead atoms. The van der Waals surface area contributed by atoms with Gasteiger partial charge in [0.2, 0.25) is 0 Å². The SMILES string of the molecule is CC(C)C1=N[C@H]2CC[C@]34C[C@]35C(=O)C[C@]3(C)[C@@H]([C@H](C)N(C)Cc6cccc(C(F)(F)F)c6)[C@H](O)C[C@@]3(C)[C@@H]5CC[C@H]4[C@]2(C)CS1. The highest BCUT2D eigenvalue weighted by molar-refractivity contribution is 8.14. The number of aliphatic hydroxyl groups is 1. The van der Waals surface area contributed by atoms with Gasteiger partial charge in [-0.1, -0.05) is 52.8 Å². The molecular formula is C37H51F3N2O2S. The van der Waals surface area contributed by atoms with Crippen molar-refractivity contribution in [3.8, 4) is 0 Å². The van der Waals surface area contributed by atoms with Crippen LogP contribution >= 0.6 is 11.8 Å². The summed E-state index contributed by atoms with van der Waals surface area (Å²) < 4.78 is 40.2. The van der Waals surface area contributed by atoms with Crippen LogP contribution in [-0.2, 0) is 17.5 Å². The van der Waals surface area contributed by atoms with Crippen molar-refractivity contribution in [3.63, 3.8) is 0 Å². The lowest BCUT2D eigenvalue weighted by Gasteiger charge is -2.63. The zero-order valence-electron chi connectivity index (χ0n) is 28.0. The largest absolute Gasteiger partial charge is 0.416 e. The lowest BCUT2D eigenvalue weighted by Crippen LogP contribution is -2.62. The molecule has 7 rings (SSSR count). The Kier molecular flexibility index (Phi) is 7.20. The average Bonchev–Trinajstić information content (AvgIpc) is 3.60. The van der Waals surface area contributed by atoms with Gasteiger partial charge in [-0.2, -0.15) is 13.2 Å². The molecule has 0 saturated heterocycles. The van der Waals surface area contributed by atoms with Crippen molar-refractivity contribution in [2.24, 2.45) is 55.7 Å². The smallest absolute Gasteiger partial charge is 0.393 e. The maximum Gasteiger partial charge on any atom is 0.416 e. The molecule has 5 saturated carbocycles. The van der Waals surface area contributed by atoms with Gasteiger partial charge >= 0.3 is 6.18 Å². The van der Waals surface area contributed by atoms with E-state index in [2.05, 4.69) is 46.4 Å². The Morgan fingerprint density at radius 1 is 1.09 bits per heavy atom. The third-order valence-corrected chi connectivity index (χ3v) is 16.5. The van der Waals surface area contributed by atoms with Gasteiger partial charge in [0.25, 0.3) is 0 Å². The zero-order valence-corrected chi connectivity index (χ0v) is 28.8. The van der Waals surface area contributed by atoms with E-state index < -0.39 is 17.8 Å². The molecule has 11 atom stereocenters. The molecule has 1 heterocycles. The summed E-state index contributed by atoms with van der Waals surface area (Å²) in [6.45, 7) is 14.0. The maximum atomic E-state index is 14.8. The molecule has 0 unspecified atom stereocenters. The van der Waals surface area contributed by atoms with E-state index in [9.17, 15) is 23.1 Å². The van der Waals surface area contributed by atoms with Gasteiger partial charge in [-0.15, -0.1) is 11.8 Å². The topological polar surface area (TPSA) is 52.9 Å². The fourth-order valence-electron chi connectivity index (χ4n) is 12.6. The molecule has 8 heteroatoms. The Morgan fingerprint density at radius 3 is 2.49 bits per heavy atom. The molecule has 1 N–H and O–H groups in total. The van der Waals surface area contributed by atoms with Crippen LogP contribution in [0.4, 0.5) is 13.2 Å². The number of carbonyl (C=O) groups excluding carboxylic acids is 1. The van der Waals surface area contributed by atoms with Crippen molar-refractivity contribution in [1.29, 1.82) is 0 Å². The van der Waals surface area contributed by atoms with E-state index in [4.69, 9.17) is 4.99 Å². The Hall–Kier alpha value is -1.38. The van der Waals surface area contributed by atoms with E-state index in [1.165, 1.54) is 17.2 Å². The molecule has 2 spiro atoms. The third-order valence-electron chi connectivity index (χ3n) is 14.9. The fraction of sp³-hybridized carbons (Fsp3) is 0.784. The van der Waals surface area contributed by atoms with Gasteiger partial charge in [0.15, 0.2) is 0 Å². The number of carbonyl (C=O) groups is 1.